The lowest BCUT2D eigenvalue weighted by Gasteiger charge is -2.15. The Morgan fingerprint density at radius 2 is 1.55 bits per heavy atom. The Hall–Kier alpha value is -3.86. The molecule has 0 unspecified atom stereocenters. The first-order valence-electron chi connectivity index (χ1n) is 9.34. The van der Waals surface area contributed by atoms with Crippen molar-refractivity contribution < 1.29 is 9.21 Å². The molecule has 4 rings (SSSR count). The number of hydrogen-bond donors (Lipinski definition) is 2. The Kier molecular flexibility index (Phi) is 5.12. The van der Waals surface area contributed by atoms with Crippen LogP contribution in [0.4, 0.5) is 11.4 Å². The zero-order valence-corrected chi connectivity index (χ0v) is 15.9. The summed E-state index contributed by atoms with van der Waals surface area (Å²) in [6.45, 7) is 2.36. The topological polar surface area (TPSA) is 71.3 Å². The van der Waals surface area contributed by atoms with Crippen molar-refractivity contribution in [3.8, 4) is 0 Å². The van der Waals surface area contributed by atoms with Crippen molar-refractivity contribution >= 4 is 28.3 Å². The molecule has 0 saturated carbocycles. The first kappa shape index (κ1) is 18.5. The Balaban J connectivity index is 1.76. The number of carbonyl (C=O) groups is 1. The smallest absolute Gasteiger partial charge is 0.362 e. The number of nitrogens with one attached hydrogen (secondary N) is 2. The Morgan fingerprint density at radius 1 is 0.862 bits per heavy atom. The van der Waals surface area contributed by atoms with Gasteiger partial charge in [0.05, 0.1) is 5.69 Å². The van der Waals surface area contributed by atoms with Gasteiger partial charge >= 0.3 is 5.63 Å². The van der Waals surface area contributed by atoms with Crippen molar-refractivity contribution in [1.82, 2.24) is 0 Å². The summed E-state index contributed by atoms with van der Waals surface area (Å²) in [4.78, 5) is 25.5. The van der Waals surface area contributed by atoms with Crippen molar-refractivity contribution in [1.29, 1.82) is 0 Å². The fourth-order valence-electron chi connectivity index (χ4n) is 3.24. The van der Waals surface area contributed by atoms with Crippen LogP contribution in [0.25, 0.3) is 11.0 Å². The second-order valence-electron chi connectivity index (χ2n) is 6.74. The zero-order valence-electron chi connectivity index (χ0n) is 15.9. The molecule has 0 fully saturated rings. The molecule has 0 aliphatic carbocycles. The number of carbonyl (C=O) groups excluding carboxylic acids is 1. The maximum Gasteiger partial charge on any atom is 0.362 e. The highest BCUT2D eigenvalue weighted by Gasteiger charge is 2.18. The van der Waals surface area contributed by atoms with Crippen LogP contribution in [-0.4, -0.2) is 5.91 Å². The van der Waals surface area contributed by atoms with Crippen LogP contribution in [0.15, 0.2) is 88.1 Å². The molecule has 0 bridgehead atoms. The number of fused-ring (bicyclic) bond motifs is 1. The molecule has 0 saturated heterocycles. The summed E-state index contributed by atoms with van der Waals surface area (Å²) in [6.07, 6.45) is 0. The first-order valence-corrected chi connectivity index (χ1v) is 9.34. The number of anilines is 2. The summed E-state index contributed by atoms with van der Waals surface area (Å²) < 4.78 is 5.44. The predicted octanol–water partition coefficient (Wildman–Crippen LogP) is 4.97. The zero-order chi connectivity index (χ0) is 20.2. The minimum atomic E-state index is -0.596. The van der Waals surface area contributed by atoms with Gasteiger partial charge in [-0.15, -0.1) is 0 Å². The van der Waals surface area contributed by atoms with Gasteiger partial charge in [-0.3, -0.25) is 4.79 Å². The van der Waals surface area contributed by atoms with E-state index in [1.807, 2.05) is 61.5 Å². The third-order valence-corrected chi connectivity index (χ3v) is 4.75. The standard InChI is InChI=1S/C24H20N2O3/c1-16-9-5-6-12-18(16)23(27)26-22-21(25-15-17-10-3-2-4-11-17)19-13-7-8-14-20(19)29-24(22)28/h2-14,25H,15H2,1H3,(H,26,27). The molecule has 0 aliphatic rings. The van der Waals surface area contributed by atoms with E-state index in [4.69, 9.17) is 4.42 Å². The molecule has 4 aromatic rings. The van der Waals surface area contributed by atoms with E-state index in [0.29, 0.717) is 23.4 Å². The molecular weight excluding hydrogens is 364 g/mol. The van der Waals surface area contributed by atoms with Crippen LogP contribution in [0.5, 0.6) is 0 Å². The van der Waals surface area contributed by atoms with Crippen molar-refractivity contribution in [3.63, 3.8) is 0 Å². The summed E-state index contributed by atoms with van der Waals surface area (Å²) in [5.74, 6) is -0.353. The van der Waals surface area contributed by atoms with Gasteiger partial charge in [-0.2, -0.15) is 0 Å². The Bertz CT molecular complexity index is 1230. The molecule has 5 nitrogen and oxygen atoms in total. The molecule has 0 radical (unpaired) electrons. The van der Waals surface area contributed by atoms with Gasteiger partial charge in [-0.1, -0.05) is 60.7 Å². The van der Waals surface area contributed by atoms with E-state index in [2.05, 4.69) is 10.6 Å². The minimum absolute atomic E-state index is 0.105. The molecule has 1 amide bonds. The third-order valence-electron chi connectivity index (χ3n) is 4.75. The van der Waals surface area contributed by atoms with Crippen LogP contribution in [0.1, 0.15) is 21.5 Å². The maximum atomic E-state index is 12.8. The molecule has 0 spiro atoms. The summed E-state index contributed by atoms with van der Waals surface area (Å²) in [7, 11) is 0. The van der Waals surface area contributed by atoms with Crippen LogP contribution in [0.3, 0.4) is 0 Å². The van der Waals surface area contributed by atoms with E-state index in [-0.39, 0.29) is 11.6 Å². The number of rotatable bonds is 5. The van der Waals surface area contributed by atoms with Gasteiger partial charge in [0, 0.05) is 17.5 Å². The lowest BCUT2D eigenvalue weighted by molar-refractivity contribution is 0.102. The molecular formula is C24H20N2O3. The molecule has 1 aromatic heterocycles. The van der Waals surface area contributed by atoms with Crippen molar-refractivity contribution in [2.45, 2.75) is 13.5 Å². The van der Waals surface area contributed by atoms with E-state index in [9.17, 15) is 9.59 Å². The normalized spacial score (nSPS) is 10.7. The number of benzene rings is 3. The lowest BCUT2D eigenvalue weighted by atomic mass is 10.1. The fraction of sp³-hybridized carbons (Fsp3) is 0.0833. The van der Waals surface area contributed by atoms with E-state index in [1.165, 1.54) is 0 Å². The van der Waals surface area contributed by atoms with Crippen LogP contribution in [0.2, 0.25) is 0 Å². The van der Waals surface area contributed by atoms with E-state index in [0.717, 1.165) is 16.5 Å². The molecule has 3 aromatic carbocycles. The van der Waals surface area contributed by atoms with E-state index >= 15 is 0 Å². The predicted molar refractivity (Wildman–Crippen MR) is 115 cm³/mol. The quantitative estimate of drug-likeness (QED) is 0.477. The highest BCUT2D eigenvalue weighted by Crippen LogP contribution is 2.29. The summed E-state index contributed by atoms with van der Waals surface area (Å²) >= 11 is 0. The molecule has 5 heteroatoms. The molecule has 0 aliphatic heterocycles. The Labute approximate surface area is 168 Å². The van der Waals surface area contributed by atoms with Gasteiger partial charge in [0.2, 0.25) is 0 Å². The third kappa shape index (κ3) is 3.89. The second-order valence-corrected chi connectivity index (χ2v) is 6.74. The minimum Gasteiger partial charge on any atom is -0.421 e. The largest absolute Gasteiger partial charge is 0.421 e. The lowest BCUT2D eigenvalue weighted by Crippen LogP contribution is -2.21. The average Bonchev–Trinajstić information content (AvgIpc) is 2.74. The summed E-state index contributed by atoms with van der Waals surface area (Å²) in [5.41, 5.74) is 2.91. The SMILES string of the molecule is Cc1ccccc1C(=O)Nc1c(NCc2ccccc2)c2ccccc2oc1=O. The van der Waals surface area contributed by atoms with Crippen molar-refractivity contribution in [2.75, 3.05) is 10.6 Å². The van der Waals surface area contributed by atoms with E-state index < -0.39 is 5.63 Å². The summed E-state index contributed by atoms with van der Waals surface area (Å²) in [6, 6.07) is 24.3. The van der Waals surface area contributed by atoms with Gasteiger partial charge in [0.1, 0.15) is 5.58 Å². The van der Waals surface area contributed by atoms with Crippen LogP contribution in [-0.2, 0) is 6.54 Å². The number of hydrogen-bond acceptors (Lipinski definition) is 4. The molecule has 2 N–H and O–H groups in total. The van der Waals surface area contributed by atoms with Crippen LogP contribution < -0.4 is 16.3 Å². The number of amides is 1. The fourth-order valence-corrected chi connectivity index (χ4v) is 3.24. The van der Waals surface area contributed by atoms with Crippen molar-refractivity contribution in [2.24, 2.45) is 0 Å². The molecule has 0 atom stereocenters. The highest BCUT2D eigenvalue weighted by atomic mass is 16.4. The van der Waals surface area contributed by atoms with Gasteiger partial charge < -0.3 is 15.1 Å². The molecule has 1 heterocycles. The molecule has 29 heavy (non-hydrogen) atoms. The second kappa shape index (κ2) is 8.02. The summed E-state index contributed by atoms with van der Waals surface area (Å²) in [5, 5.41) is 6.79. The van der Waals surface area contributed by atoms with Gasteiger partial charge in [0.15, 0.2) is 5.69 Å². The number of para-hydroxylation sites is 1. The van der Waals surface area contributed by atoms with Crippen LogP contribution in [0, 0.1) is 6.92 Å². The Morgan fingerprint density at radius 3 is 2.34 bits per heavy atom. The van der Waals surface area contributed by atoms with Gasteiger partial charge in [-0.05, 0) is 36.2 Å². The monoisotopic (exact) mass is 384 g/mol. The average molecular weight is 384 g/mol. The van der Waals surface area contributed by atoms with Crippen LogP contribution >= 0.6 is 0 Å². The van der Waals surface area contributed by atoms with Crippen molar-refractivity contribution in [3.05, 3.63) is 106 Å². The maximum absolute atomic E-state index is 12.8. The molecule has 144 valence electrons. The number of aryl methyl sites for hydroxylation is 1. The van der Waals surface area contributed by atoms with E-state index in [1.54, 1.807) is 24.3 Å². The highest BCUT2D eigenvalue weighted by molar-refractivity contribution is 6.09. The first-order chi connectivity index (χ1) is 14.1. The van der Waals surface area contributed by atoms with Gasteiger partial charge in [-0.25, -0.2) is 4.79 Å². The van der Waals surface area contributed by atoms with Gasteiger partial charge in [0.25, 0.3) is 5.91 Å².